The summed E-state index contributed by atoms with van der Waals surface area (Å²) in [4.78, 5) is 32.3. The van der Waals surface area contributed by atoms with Gasteiger partial charge in [-0.25, -0.2) is 9.78 Å². The van der Waals surface area contributed by atoms with E-state index >= 15 is 0 Å². The van der Waals surface area contributed by atoms with Gasteiger partial charge in [0.15, 0.2) is 0 Å². The lowest BCUT2D eigenvalue weighted by atomic mass is 10.1. The van der Waals surface area contributed by atoms with Crippen LogP contribution < -0.4 is 10.6 Å². The maximum Gasteiger partial charge on any atom is 0.325 e. The van der Waals surface area contributed by atoms with Gasteiger partial charge in [0, 0.05) is 52.2 Å². The monoisotopic (exact) mass is 356 g/mol. The third kappa shape index (κ3) is 3.40. The molecule has 2 fully saturated rings. The Kier molecular flexibility index (Phi) is 5.52. The highest BCUT2D eigenvalue weighted by Gasteiger charge is 2.44. The molecule has 2 aliphatic heterocycles. The number of imidazole rings is 1. The van der Waals surface area contributed by atoms with Crippen molar-refractivity contribution in [1.29, 1.82) is 0 Å². The first-order valence-electron chi connectivity index (χ1n) is 7.96. The largest absolute Gasteiger partial charge is 0.337 e. The van der Waals surface area contributed by atoms with Gasteiger partial charge in [-0.05, 0) is 13.8 Å². The van der Waals surface area contributed by atoms with Crippen LogP contribution in [0.15, 0.2) is 12.4 Å². The molecule has 1 atom stereocenters. The summed E-state index contributed by atoms with van der Waals surface area (Å²) in [6.07, 6.45) is 3.73. The van der Waals surface area contributed by atoms with Gasteiger partial charge in [-0.2, -0.15) is 0 Å². The molecule has 1 aromatic rings. The molecule has 1 unspecified atom stereocenters. The van der Waals surface area contributed by atoms with Crippen molar-refractivity contribution in [2.24, 2.45) is 7.05 Å². The SMILES string of the molecule is Cl.Cn1ccnc1C1CNCCN1CCN1C(=O)NC(C)(C)C1=O. The summed E-state index contributed by atoms with van der Waals surface area (Å²) >= 11 is 0. The zero-order valence-electron chi connectivity index (χ0n) is 14.3. The summed E-state index contributed by atoms with van der Waals surface area (Å²) in [7, 11) is 1.98. The van der Waals surface area contributed by atoms with Crippen LogP contribution in [0.25, 0.3) is 0 Å². The number of carbonyl (C=O) groups excluding carboxylic acids is 2. The average Bonchev–Trinajstić information content (AvgIpc) is 3.00. The predicted octanol–water partition coefficient (Wildman–Crippen LogP) is 0.119. The van der Waals surface area contributed by atoms with Crippen LogP contribution in [-0.2, 0) is 11.8 Å². The van der Waals surface area contributed by atoms with Crippen LogP contribution in [0.1, 0.15) is 25.7 Å². The molecular formula is C15H25ClN6O2. The van der Waals surface area contributed by atoms with Gasteiger partial charge in [0.1, 0.15) is 11.4 Å². The van der Waals surface area contributed by atoms with Gasteiger partial charge in [-0.3, -0.25) is 14.6 Å². The normalized spacial score (nSPS) is 24.0. The molecule has 0 radical (unpaired) electrons. The Labute approximate surface area is 148 Å². The highest BCUT2D eigenvalue weighted by atomic mass is 35.5. The Morgan fingerprint density at radius 1 is 1.33 bits per heavy atom. The van der Waals surface area contributed by atoms with E-state index in [1.807, 2.05) is 17.8 Å². The third-order valence-electron chi connectivity index (χ3n) is 4.57. The first-order valence-corrected chi connectivity index (χ1v) is 7.96. The van der Waals surface area contributed by atoms with Crippen molar-refractivity contribution in [2.75, 3.05) is 32.7 Å². The molecule has 24 heavy (non-hydrogen) atoms. The third-order valence-corrected chi connectivity index (χ3v) is 4.57. The number of hydrogen-bond acceptors (Lipinski definition) is 5. The first-order chi connectivity index (χ1) is 10.9. The molecule has 3 amide bonds. The van der Waals surface area contributed by atoms with E-state index in [-0.39, 0.29) is 30.4 Å². The number of aromatic nitrogens is 2. The Morgan fingerprint density at radius 3 is 2.67 bits per heavy atom. The standard InChI is InChI=1S/C15H24N6O2.ClH/c1-15(2)13(22)21(14(23)18-15)9-8-20-7-4-16-10-11(20)12-17-5-6-19(12)3;/h5-6,11,16H,4,7-10H2,1-3H3,(H,18,23);1H. The number of halogens is 1. The summed E-state index contributed by atoms with van der Waals surface area (Å²) in [5.41, 5.74) is -0.806. The first kappa shape index (κ1) is 18.7. The number of imide groups is 1. The minimum absolute atomic E-state index is 0. The van der Waals surface area contributed by atoms with Crippen LogP contribution in [0.5, 0.6) is 0 Å². The Bertz CT molecular complexity index is 617. The van der Waals surface area contributed by atoms with E-state index in [4.69, 9.17) is 0 Å². The second-order valence-corrected chi connectivity index (χ2v) is 6.66. The highest BCUT2D eigenvalue weighted by Crippen LogP contribution is 2.21. The Hall–Kier alpha value is -1.64. The zero-order chi connectivity index (χ0) is 16.6. The van der Waals surface area contributed by atoms with Crippen molar-refractivity contribution in [3.8, 4) is 0 Å². The van der Waals surface area contributed by atoms with Gasteiger partial charge < -0.3 is 15.2 Å². The van der Waals surface area contributed by atoms with Crippen molar-refractivity contribution in [2.45, 2.75) is 25.4 Å². The molecule has 9 heteroatoms. The smallest absolute Gasteiger partial charge is 0.325 e. The molecule has 0 saturated carbocycles. The van der Waals surface area contributed by atoms with E-state index in [1.54, 1.807) is 20.0 Å². The summed E-state index contributed by atoms with van der Waals surface area (Å²) in [6, 6.07) is -0.152. The van der Waals surface area contributed by atoms with Crippen molar-refractivity contribution in [3.63, 3.8) is 0 Å². The lowest BCUT2D eigenvalue weighted by Gasteiger charge is -2.36. The molecular weight excluding hydrogens is 332 g/mol. The molecule has 2 aliphatic rings. The van der Waals surface area contributed by atoms with Crippen LogP contribution in [-0.4, -0.2) is 69.6 Å². The maximum absolute atomic E-state index is 12.3. The molecule has 2 saturated heterocycles. The van der Waals surface area contributed by atoms with Crippen LogP contribution in [0, 0.1) is 0 Å². The molecule has 0 spiro atoms. The number of nitrogens with zero attached hydrogens (tertiary/aromatic N) is 4. The van der Waals surface area contributed by atoms with Crippen LogP contribution in [0.3, 0.4) is 0 Å². The van der Waals surface area contributed by atoms with E-state index in [0.29, 0.717) is 13.1 Å². The fraction of sp³-hybridized carbons (Fsp3) is 0.667. The average molecular weight is 357 g/mol. The lowest BCUT2D eigenvalue weighted by Crippen LogP contribution is -2.50. The Morgan fingerprint density at radius 2 is 2.08 bits per heavy atom. The van der Waals surface area contributed by atoms with Crippen molar-refractivity contribution < 1.29 is 9.59 Å². The van der Waals surface area contributed by atoms with Crippen molar-refractivity contribution >= 4 is 24.3 Å². The maximum atomic E-state index is 12.3. The van der Waals surface area contributed by atoms with Gasteiger partial charge in [-0.15, -0.1) is 12.4 Å². The second-order valence-electron chi connectivity index (χ2n) is 6.66. The fourth-order valence-corrected chi connectivity index (χ4v) is 3.22. The number of carbonyl (C=O) groups is 2. The molecule has 3 heterocycles. The molecule has 2 N–H and O–H groups in total. The zero-order valence-corrected chi connectivity index (χ0v) is 15.1. The molecule has 0 aliphatic carbocycles. The number of aryl methyl sites for hydroxylation is 1. The summed E-state index contributed by atoms with van der Waals surface area (Å²) in [5, 5.41) is 6.10. The summed E-state index contributed by atoms with van der Waals surface area (Å²) < 4.78 is 2.02. The fourth-order valence-electron chi connectivity index (χ4n) is 3.22. The van der Waals surface area contributed by atoms with Gasteiger partial charge in [-0.1, -0.05) is 0 Å². The van der Waals surface area contributed by atoms with E-state index in [2.05, 4.69) is 20.5 Å². The highest BCUT2D eigenvalue weighted by molar-refractivity contribution is 6.06. The van der Waals surface area contributed by atoms with Crippen molar-refractivity contribution in [3.05, 3.63) is 18.2 Å². The van der Waals surface area contributed by atoms with Crippen LogP contribution in [0.4, 0.5) is 4.79 Å². The minimum Gasteiger partial charge on any atom is -0.337 e. The molecule has 0 aromatic carbocycles. The molecule has 8 nitrogen and oxygen atoms in total. The quantitative estimate of drug-likeness (QED) is 0.749. The van der Waals surface area contributed by atoms with Crippen LogP contribution in [0.2, 0.25) is 0 Å². The number of nitrogens with one attached hydrogen (secondary N) is 2. The van der Waals surface area contributed by atoms with Crippen LogP contribution >= 0.6 is 12.4 Å². The van der Waals surface area contributed by atoms with Gasteiger partial charge >= 0.3 is 6.03 Å². The number of amides is 3. The molecule has 1 aromatic heterocycles. The number of rotatable bonds is 4. The van der Waals surface area contributed by atoms with E-state index in [9.17, 15) is 9.59 Å². The predicted molar refractivity (Wildman–Crippen MR) is 92.0 cm³/mol. The summed E-state index contributed by atoms with van der Waals surface area (Å²) in [5.74, 6) is 0.834. The molecule has 3 rings (SSSR count). The Balaban J connectivity index is 0.00000208. The summed E-state index contributed by atoms with van der Waals surface area (Å²) in [6.45, 7) is 7.08. The minimum atomic E-state index is -0.806. The van der Waals surface area contributed by atoms with Gasteiger partial charge in [0.2, 0.25) is 0 Å². The van der Waals surface area contributed by atoms with E-state index < -0.39 is 5.54 Å². The van der Waals surface area contributed by atoms with Crippen molar-refractivity contribution in [1.82, 2.24) is 30.0 Å². The number of urea groups is 1. The number of piperazine rings is 1. The lowest BCUT2D eigenvalue weighted by molar-refractivity contribution is -0.130. The van der Waals surface area contributed by atoms with E-state index in [1.165, 1.54) is 4.90 Å². The van der Waals surface area contributed by atoms with E-state index in [0.717, 1.165) is 25.5 Å². The van der Waals surface area contributed by atoms with Gasteiger partial charge in [0.05, 0.1) is 6.04 Å². The van der Waals surface area contributed by atoms with Gasteiger partial charge in [0.25, 0.3) is 5.91 Å². The number of hydrogen-bond donors (Lipinski definition) is 2. The molecule has 0 bridgehead atoms. The topological polar surface area (TPSA) is 82.5 Å². The second kappa shape index (κ2) is 7.08. The molecule has 134 valence electrons.